The predicted molar refractivity (Wildman–Crippen MR) is 115 cm³/mol. The highest BCUT2D eigenvalue weighted by molar-refractivity contribution is 6.30. The third kappa shape index (κ3) is 4.65. The number of nitrogens with zero attached hydrogens (tertiary/aromatic N) is 5. The topological polar surface area (TPSA) is 93.1 Å². The van der Waals surface area contributed by atoms with Crippen molar-refractivity contribution in [2.45, 2.75) is 12.8 Å². The van der Waals surface area contributed by atoms with Crippen molar-refractivity contribution in [2.24, 2.45) is 5.92 Å². The summed E-state index contributed by atoms with van der Waals surface area (Å²) in [6.45, 7) is 1.41. The van der Waals surface area contributed by atoms with Crippen molar-refractivity contribution in [1.29, 1.82) is 0 Å². The number of benzene rings is 1. The molecule has 0 radical (unpaired) electrons. The van der Waals surface area contributed by atoms with E-state index < -0.39 is 0 Å². The van der Waals surface area contributed by atoms with Crippen LogP contribution in [0.4, 0.5) is 11.6 Å². The SMILES string of the molecule is COc1cc(NC(=O)C2CCCN(c3ccc(-c4ccc(Cl)cc4)nn3)C2)ncn1. The molecule has 9 heteroatoms. The van der Waals surface area contributed by atoms with Crippen molar-refractivity contribution in [1.82, 2.24) is 20.2 Å². The molecular weight excluding hydrogens is 404 g/mol. The molecule has 0 saturated carbocycles. The predicted octanol–water partition coefficient (Wildman–Crippen LogP) is 3.45. The Morgan fingerprint density at radius 3 is 2.73 bits per heavy atom. The van der Waals surface area contributed by atoms with Gasteiger partial charge >= 0.3 is 0 Å². The number of piperidine rings is 1. The first-order valence-corrected chi connectivity index (χ1v) is 10.0. The first-order chi connectivity index (χ1) is 14.6. The van der Waals surface area contributed by atoms with Gasteiger partial charge in [0.05, 0.1) is 18.7 Å². The summed E-state index contributed by atoms with van der Waals surface area (Å²) in [4.78, 5) is 22.8. The lowest BCUT2D eigenvalue weighted by Crippen LogP contribution is -2.41. The highest BCUT2D eigenvalue weighted by Gasteiger charge is 2.27. The normalized spacial score (nSPS) is 16.2. The quantitative estimate of drug-likeness (QED) is 0.670. The lowest BCUT2D eigenvalue weighted by atomic mass is 9.97. The van der Waals surface area contributed by atoms with Gasteiger partial charge in [-0.25, -0.2) is 9.97 Å². The maximum Gasteiger partial charge on any atom is 0.230 e. The minimum atomic E-state index is -0.169. The van der Waals surface area contributed by atoms with E-state index in [1.54, 1.807) is 6.07 Å². The molecule has 0 aliphatic carbocycles. The zero-order valence-corrected chi connectivity index (χ0v) is 17.2. The summed E-state index contributed by atoms with van der Waals surface area (Å²) >= 11 is 5.94. The molecule has 3 heterocycles. The second-order valence-corrected chi connectivity index (χ2v) is 7.44. The summed E-state index contributed by atoms with van der Waals surface area (Å²) in [5.74, 6) is 1.34. The number of hydrogen-bond acceptors (Lipinski definition) is 7. The van der Waals surface area contributed by atoms with Crippen LogP contribution in [0.25, 0.3) is 11.3 Å². The van der Waals surface area contributed by atoms with Crippen molar-refractivity contribution in [3.63, 3.8) is 0 Å². The summed E-state index contributed by atoms with van der Waals surface area (Å²) in [6, 6.07) is 12.9. The van der Waals surface area contributed by atoms with Crippen LogP contribution < -0.4 is 15.0 Å². The Morgan fingerprint density at radius 2 is 2.00 bits per heavy atom. The number of nitrogens with one attached hydrogen (secondary N) is 1. The van der Waals surface area contributed by atoms with Crippen LogP contribution in [0, 0.1) is 5.92 Å². The largest absolute Gasteiger partial charge is 0.481 e. The fraction of sp³-hybridized carbons (Fsp3) is 0.286. The van der Waals surface area contributed by atoms with Crippen LogP contribution >= 0.6 is 11.6 Å². The van der Waals surface area contributed by atoms with Gasteiger partial charge in [0.2, 0.25) is 11.8 Å². The minimum Gasteiger partial charge on any atom is -0.481 e. The number of amides is 1. The van der Waals surface area contributed by atoms with Crippen LogP contribution in [-0.2, 0) is 4.79 Å². The van der Waals surface area contributed by atoms with E-state index in [0.29, 0.717) is 23.3 Å². The Hall–Kier alpha value is -3.26. The maximum absolute atomic E-state index is 12.7. The highest BCUT2D eigenvalue weighted by Crippen LogP contribution is 2.25. The van der Waals surface area contributed by atoms with Gasteiger partial charge in [0.25, 0.3) is 0 Å². The number of rotatable bonds is 5. The van der Waals surface area contributed by atoms with Gasteiger partial charge in [0.1, 0.15) is 12.1 Å². The Labute approximate surface area is 179 Å². The van der Waals surface area contributed by atoms with Gasteiger partial charge in [-0.05, 0) is 37.1 Å². The molecule has 1 N–H and O–H groups in total. The number of halogens is 1. The van der Waals surface area contributed by atoms with E-state index in [0.717, 1.165) is 36.5 Å². The van der Waals surface area contributed by atoms with Crippen LogP contribution in [0.3, 0.4) is 0 Å². The molecule has 1 unspecified atom stereocenters. The number of methoxy groups -OCH3 is 1. The third-order valence-corrected chi connectivity index (χ3v) is 5.26. The maximum atomic E-state index is 12.7. The fourth-order valence-corrected chi connectivity index (χ4v) is 3.54. The molecule has 1 aliphatic heterocycles. The summed E-state index contributed by atoms with van der Waals surface area (Å²) in [6.07, 6.45) is 3.06. The Bertz CT molecular complexity index is 1010. The number of hydrogen-bond donors (Lipinski definition) is 1. The number of anilines is 2. The van der Waals surface area contributed by atoms with Gasteiger partial charge in [0.15, 0.2) is 5.82 Å². The molecule has 0 spiro atoms. The van der Waals surface area contributed by atoms with E-state index in [9.17, 15) is 4.79 Å². The average molecular weight is 425 g/mol. The van der Waals surface area contributed by atoms with E-state index in [4.69, 9.17) is 16.3 Å². The molecule has 1 amide bonds. The molecule has 3 aromatic rings. The number of ether oxygens (including phenoxy) is 1. The molecule has 0 bridgehead atoms. The zero-order valence-electron chi connectivity index (χ0n) is 16.5. The monoisotopic (exact) mass is 424 g/mol. The number of aromatic nitrogens is 4. The molecule has 1 saturated heterocycles. The standard InChI is InChI=1S/C21H21ClN6O2/c1-30-20-11-18(23-13-24-20)25-21(29)15-3-2-10-28(12-15)19-9-8-17(26-27-19)14-4-6-16(22)7-5-14/h4-9,11,13,15H,2-3,10,12H2,1H3,(H,23,24,25,29). The van der Waals surface area contributed by atoms with Gasteiger partial charge in [0, 0.05) is 29.7 Å². The van der Waals surface area contributed by atoms with Crippen molar-refractivity contribution in [3.05, 3.63) is 53.8 Å². The molecule has 8 nitrogen and oxygen atoms in total. The van der Waals surface area contributed by atoms with Crippen LogP contribution in [0.5, 0.6) is 5.88 Å². The molecule has 1 aromatic carbocycles. The van der Waals surface area contributed by atoms with E-state index in [2.05, 4.69) is 30.4 Å². The molecule has 4 rings (SSSR count). The Morgan fingerprint density at radius 1 is 1.17 bits per heavy atom. The average Bonchev–Trinajstić information content (AvgIpc) is 2.80. The Kier molecular flexibility index (Phi) is 6.04. The molecule has 30 heavy (non-hydrogen) atoms. The van der Waals surface area contributed by atoms with E-state index in [-0.39, 0.29) is 11.8 Å². The lowest BCUT2D eigenvalue weighted by Gasteiger charge is -2.32. The molecular formula is C21H21ClN6O2. The van der Waals surface area contributed by atoms with Crippen molar-refractivity contribution in [3.8, 4) is 17.1 Å². The van der Waals surface area contributed by atoms with Gasteiger partial charge in [-0.3, -0.25) is 4.79 Å². The van der Waals surface area contributed by atoms with Crippen molar-refractivity contribution >= 4 is 29.1 Å². The summed E-state index contributed by atoms with van der Waals surface area (Å²) in [5.41, 5.74) is 1.73. The van der Waals surface area contributed by atoms with Crippen LogP contribution in [0.1, 0.15) is 12.8 Å². The second-order valence-electron chi connectivity index (χ2n) is 7.00. The fourth-order valence-electron chi connectivity index (χ4n) is 3.42. The van der Waals surface area contributed by atoms with Crippen molar-refractivity contribution in [2.75, 3.05) is 30.4 Å². The number of carbonyl (C=O) groups is 1. The molecule has 154 valence electrons. The van der Waals surface area contributed by atoms with Crippen LogP contribution in [0.2, 0.25) is 5.02 Å². The van der Waals surface area contributed by atoms with Gasteiger partial charge in [-0.1, -0.05) is 23.7 Å². The van der Waals surface area contributed by atoms with E-state index >= 15 is 0 Å². The third-order valence-electron chi connectivity index (χ3n) is 5.01. The van der Waals surface area contributed by atoms with Crippen LogP contribution in [-0.4, -0.2) is 46.3 Å². The lowest BCUT2D eigenvalue weighted by molar-refractivity contribution is -0.120. The van der Waals surface area contributed by atoms with E-state index in [1.165, 1.54) is 13.4 Å². The zero-order chi connectivity index (χ0) is 20.9. The number of carbonyl (C=O) groups excluding carboxylic acids is 1. The minimum absolute atomic E-state index is 0.0776. The summed E-state index contributed by atoms with van der Waals surface area (Å²) in [7, 11) is 1.52. The summed E-state index contributed by atoms with van der Waals surface area (Å²) in [5, 5.41) is 12.3. The van der Waals surface area contributed by atoms with Gasteiger partial charge in [-0.2, -0.15) is 0 Å². The smallest absolute Gasteiger partial charge is 0.230 e. The molecule has 2 aromatic heterocycles. The van der Waals surface area contributed by atoms with E-state index in [1.807, 2.05) is 36.4 Å². The molecule has 1 atom stereocenters. The van der Waals surface area contributed by atoms with Gasteiger partial charge in [-0.15, -0.1) is 10.2 Å². The van der Waals surface area contributed by atoms with Crippen LogP contribution in [0.15, 0.2) is 48.8 Å². The first kappa shape index (κ1) is 20.0. The molecule has 1 aliphatic rings. The van der Waals surface area contributed by atoms with Crippen molar-refractivity contribution < 1.29 is 9.53 Å². The van der Waals surface area contributed by atoms with Gasteiger partial charge < -0.3 is 15.0 Å². The molecule has 1 fully saturated rings. The Balaban J connectivity index is 1.41. The second kappa shape index (κ2) is 9.04. The summed E-state index contributed by atoms with van der Waals surface area (Å²) < 4.78 is 5.07. The first-order valence-electron chi connectivity index (χ1n) is 9.64. The highest BCUT2D eigenvalue weighted by atomic mass is 35.5.